The third kappa shape index (κ3) is 5.93. The van der Waals surface area contributed by atoms with Crippen LogP contribution in [0.3, 0.4) is 0 Å². The van der Waals surface area contributed by atoms with E-state index in [9.17, 15) is 18.0 Å². The Morgan fingerprint density at radius 2 is 1.69 bits per heavy atom. The van der Waals surface area contributed by atoms with E-state index in [0.29, 0.717) is 12.1 Å². The van der Waals surface area contributed by atoms with E-state index < -0.39 is 28.0 Å². The van der Waals surface area contributed by atoms with E-state index in [4.69, 9.17) is 5.73 Å². The lowest BCUT2D eigenvalue weighted by molar-refractivity contribution is -0.118. The van der Waals surface area contributed by atoms with E-state index in [0.717, 1.165) is 19.3 Å². The SMILES string of the molecule is CC(C)CC(NC(N)=O)C(=O)Nc1ccc(S(=O)(=O)N2C(C)CCCC2C)cc1. The summed E-state index contributed by atoms with van der Waals surface area (Å²) in [6.07, 6.45) is 3.16. The van der Waals surface area contributed by atoms with Crippen LogP contribution in [0.25, 0.3) is 0 Å². The second kappa shape index (κ2) is 9.58. The van der Waals surface area contributed by atoms with Crippen molar-refractivity contribution in [3.05, 3.63) is 24.3 Å². The van der Waals surface area contributed by atoms with Crippen LogP contribution in [-0.4, -0.2) is 42.8 Å². The molecule has 1 aliphatic rings. The van der Waals surface area contributed by atoms with Crippen molar-refractivity contribution < 1.29 is 18.0 Å². The van der Waals surface area contributed by atoms with Gasteiger partial charge in [0.25, 0.3) is 0 Å². The number of urea groups is 1. The molecule has 0 saturated carbocycles. The van der Waals surface area contributed by atoms with Crippen LogP contribution in [0, 0.1) is 5.92 Å². The number of piperidine rings is 1. The molecule has 9 heteroatoms. The second-order valence-corrected chi connectivity index (χ2v) is 10.0. The maximum absolute atomic E-state index is 13.1. The number of nitrogens with one attached hydrogen (secondary N) is 2. The number of anilines is 1. The molecule has 1 fully saturated rings. The molecule has 0 radical (unpaired) electrons. The number of hydrogen-bond acceptors (Lipinski definition) is 4. The van der Waals surface area contributed by atoms with Gasteiger partial charge in [0.15, 0.2) is 0 Å². The van der Waals surface area contributed by atoms with Crippen LogP contribution in [0.5, 0.6) is 0 Å². The summed E-state index contributed by atoms with van der Waals surface area (Å²) in [5.74, 6) is -0.218. The van der Waals surface area contributed by atoms with Crippen LogP contribution in [0.1, 0.15) is 53.4 Å². The van der Waals surface area contributed by atoms with Gasteiger partial charge in [0.05, 0.1) is 4.90 Å². The maximum Gasteiger partial charge on any atom is 0.312 e. The summed E-state index contributed by atoms with van der Waals surface area (Å²) in [6, 6.07) is 4.50. The van der Waals surface area contributed by atoms with Crippen molar-refractivity contribution in [2.45, 2.75) is 76.4 Å². The van der Waals surface area contributed by atoms with Crippen molar-refractivity contribution in [3.63, 3.8) is 0 Å². The summed E-state index contributed by atoms with van der Waals surface area (Å²) in [6.45, 7) is 7.74. The third-order valence-corrected chi connectivity index (χ3v) is 7.29. The smallest absolute Gasteiger partial charge is 0.312 e. The van der Waals surface area contributed by atoms with Crippen molar-refractivity contribution in [2.75, 3.05) is 5.32 Å². The van der Waals surface area contributed by atoms with Crippen LogP contribution in [-0.2, 0) is 14.8 Å². The number of amides is 3. The molecule has 0 aromatic heterocycles. The predicted molar refractivity (Wildman–Crippen MR) is 113 cm³/mol. The average Bonchev–Trinajstić information content (AvgIpc) is 2.60. The van der Waals surface area contributed by atoms with Crippen molar-refractivity contribution in [3.8, 4) is 0 Å². The molecule has 29 heavy (non-hydrogen) atoms. The zero-order valence-electron chi connectivity index (χ0n) is 17.5. The van der Waals surface area contributed by atoms with Gasteiger partial charge in [-0.1, -0.05) is 20.3 Å². The van der Waals surface area contributed by atoms with Crippen molar-refractivity contribution in [1.29, 1.82) is 0 Å². The number of benzene rings is 1. The Hall–Kier alpha value is -2.13. The number of carbonyl (C=O) groups is 2. The molecule has 0 bridgehead atoms. The number of nitrogens with zero attached hydrogens (tertiary/aromatic N) is 1. The number of carbonyl (C=O) groups excluding carboxylic acids is 2. The largest absolute Gasteiger partial charge is 0.352 e. The lowest BCUT2D eigenvalue weighted by atomic mass is 10.0. The summed E-state index contributed by atoms with van der Waals surface area (Å²) in [5, 5.41) is 5.15. The van der Waals surface area contributed by atoms with E-state index in [1.165, 1.54) is 12.1 Å². The highest BCUT2D eigenvalue weighted by atomic mass is 32.2. The van der Waals surface area contributed by atoms with E-state index in [-0.39, 0.29) is 22.9 Å². The van der Waals surface area contributed by atoms with Crippen molar-refractivity contribution in [1.82, 2.24) is 9.62 Å². The van der Waals surface area contributed by atoms with Crippen LogP contribution >= 0.6 is 0 Å². The summed E-state index contributed by atoms with van der Waals surface area (Å²) in [4.78, 5) is 23.9. The number of rotatable bonds is 7. The first-order valence-electron chi connectivity index (χ1n) is 10.0. The van der Waals surface area contributed by atoms with Gasteiger partial charge in [-0.15, -0.1) is 0 Å². The molecule has 3 atom stereocenters. The predicted octanol–water partition coefficient (Wildman–Crippen LogP) is 2.66. The molecule has 8 nitrogen and oxygen atoms in total. The normalized spacial score (nSPS) is 21.6. The fraction of sp³-hybridized carbons (Fsp3) is 0.600. The first-order valence-corrected chi connectivity index (χ1v) is 11.5. The summed E-state index contributed by atoms with van der Waals surface area (Å²) >= 11 is 0. The van der Waals surface area contributed by atoms with Gasteiger partial charge in [-0.2, -0.15) is 4.31 Å². The van der Waals surface area contributed by atoms with Gasteiger partial charge in [-0.05, 0) is 63.3 Å². The fourth-order valence-electron chi connectivity index (χ4n) is 3.81. The highest BCUT2D eigenvalue weighted by Crippen LogP contribution is 2.30. The highest BCUT2D eigenvalue weighted by Gasteiger charge is 2.35. The Morgan fingerprint density at radius 3 is 2.17 bits per heavy atom. The monoisotopic (exact) mass is 424 g/mol. The molecule has 1 saturated heterocycles. The fourth-order valence-corrected chi connectivity index (χ4v) is 5.69. The molecule has 162 valence electrons. The lowest BCUT2D eigenvalue weighted by Gasteiger charge is -2.37. The molecular weight excluding hydrogens is 392 g/mol. The van der Waals surface area contributed by atoms with Crippen molar-refractivity contribution in [2.24, 2.45) is 11.7 Å². The average molecular weight is 425 g/mol. The Labute approximate surface area is 173 Å². The molecule has 1 aliphatic heterocycles. The Morgan fingerprint density at radius 1 is 1.14 bits per heavy atom. The van der Waals surface area contributed by atoms with Gasteiger partial charge in [-0.3, -0.25) is 4.79 Å². The summed E-state index contributed by atoms with van der Waals surface area (Å²) in [7, 11) is -3.61. The van der Waals surface area contributed by atoms with Crippen LogP contribution in [0.4, 0.5) is 10.5 Å². The third-order valence-electron chi connectivity index (χ3n) is 5.15. The van der Waals surface area contributed by atoms with Gasteiger partial charge in [-0.25, -0.2) is 13.2 Å². The minimum atomic E-state index is -3.61. The molecular formula is C20H32N4O4S. The highest BCUT2D eigenvalue weighted by molar-refractivity contribution is 7.89. The first-order chi connectivity index (χ1) is 13.5. The Kier molecular flexibility index (Phi) is 7.65. The van der Waals surface area contributed by atoms with Gasteiger partial charge in [0, 0.05) is 17.8 Å². The minimum absolute atomic E-state index is 0.0419. The Bertz CT molecular complexity index is 813. The standard InChI is InChI=1S/C20H32N4O4S/c1-13(2)12-18(23-20(21)26)19(25)22-16-8-10-17(11-9-16)29(27,28)24-14(3)6-5-7-15(24)4/h8-11,13-15,18H,5-7,12H2,1-4H3,(H,22,25)(H3,21,23,26). The molecule has 1 aromatic carbocycles. The molecule has 1 heterocycles. The first kappa shape index (κ1) is 23.2. The molecule has 0 spiro atoms. The molecule has 1 aromatic rings. The van der Waals surface area contributed by atoms with E-state index in [1.807, 2.05) is 27.7 Å². The maximum atomic E-state index is 13.1. The quantitative estimate of drug-likeness (QED) is 0.623. The minimum Gasteiger partial charge on any atom is -0.352 e. The van der Waals surface area contributed by atoms with Crippen molar-refractivity contribution >= 4 is 27.6 Å². The molecule has 3 unspecified atom stereocenters. The van der Waals surface area contributed by atoms with E-state index in [2.05, 4.69) is 10.6 Å². The number of sulfonamides is 1. The van der Waals surface area contributed by atoms with Gasteiger partial charge in [0.1, 0.15) is 6.04 Å². The Balaban J connectivity index is 2.14. The van der Waals surface area contributed by atoms with E-state index in [1.54, 1.807) is 16.4 Å². The molecule has 0 aliphatic carbocycles. The summed E-state index contributed by atoms with van der Waals surface area (Å²) in [5.41, 5.74) is 5.61. The number of primary amides is 1. The lowest BCUT2D eigenvalue weighted by Crippen LogP contribution is -2.47. The van der Waals surface area contributed by atoms with Crippen LogP contribution < -0.4 is 16.4 Å². The zero-order chi connectivity index (χ0) is 21.8. The zero-order valence-corrected chi connectivity index (χ0v) is 18.3. The van der Waals surface area contributed by atoms with Crippen LogP contribution in [0.2, 0.25) is 0 Å². The van der Waals surface area contributed by atoms with E-state index >= 15 is 0 Å². The number of hydrogen-bond donors (Lipinski definition) is 3. The molecule has 4 N–H and O–H groups in total. The summed E-state index contributed by atoms with van der Waals surface area (Å²) < 4.78 is 27.7. The molecule has 2 rings (SSSR count). The second-order valence-electron chi connectivity index (χ2n) is 8.17. The van der Waals surface area contributed by atoms with Gasteiger partial charge < -0.3 is 16.4 Å². The number of nitrogens with two attached hydrogens (primary N) is 1. The van der Waals surface area contributed by atoms with Gasteiger partial charge in [0.2, 0.25) is 15.9 Å². The molecule has 3 amide bonds. The van der Waals surface area contributed by atoms with Gasteiger partial charge >= 0.3 is 6.03 Å². The topological polar surface area (TPSA) is 122 Å². The van der Waals surface area contributed by atoms with Crippen LogP contribution in [0.15, 0.2) is 29.2 Å².